The molecule has 9 heteroatoms. The Morgan fingerprint density at radius 1 is 0.697 bits per heavy atom. The maximum absolute atomic E-state index is 12.6. The summed E-state index contributed by atoms with van der Waals surface area (Å²) >= 11 is 6.29. The number of carbonyl (C=O) groups is 2. The fourth-order valence-corrected chi connectivity index (χ4v) is 3.17. The number of methoxy groups -OCH3 is 4. The molecule has 170 valence electrons. The number of rotatable bonds is 6. The Balaban J connectivity index is 1.80. The molecular weight excluding hydrogens is 448 g/mol. The van der Waals surface area contributed by atoms with Gasteiger partial charge in [0.2, 0.25) is 0 Å². The quantitative estimate of drug-likeness (QED) is 0.587. The number of aliphatic imine (C=N–C) groups is 2. The summed E-state index contributed by atoms with van der Waals surface area (Å²) in [6.45, 7) is 0. The van der Waals surface area contributed by atoms with Crippen molar-refractivity contribution in [3.8, 4) is 23.0 Å². The minimum atomic E-state index is -0.510. The van der Waals surface area contributed by atoms with Gasteiger partial charge in [0.1, 0.15) is 0 Å². The van der Waals surface area contributed by atoms with E-state index in [1.54, 1.807) is 30.3 Å². The van der Waals surface area contributed by atoms with Crippen LogP contribution in [0.1, 0.15) is 20.7 Å². The van der Waals surface area contributed by atoms with Crippen LogP contribution in [-0.4, -0.2) is 51.7 Å². The summed E-state index contributed by atoms with van der Waals surface area (Å²) < 4.78 is 20.8. The molecule has 0 bridgehead atoms. The van der Waals surface area contributed by atoms with E-state index in [2.05, 4.69) is 9.98 Å². The van der Waals surface area contributed by atoms with E-state index in [-0.39, 0.29) is 10.7 Å². The van der Waals surface area contributed by atoms with Crippen LogP contribution in [0.3, 0.4) is 0 Å². The maximum Gasteiger partial charge on any atom is 0.277 e. The van der Waals surface area contributed by atoms with Gasteiger partial charge in [0.05, 0.1) is 44.9 Å². The molecule has 0 unspecified atom stereocenters. The van der Waals surface area contributed by atoms with Crippen molar-refractivity contribution in [2.75, 3.05) is 28.4 Å². The Hall–Kier alpha value is -3.91. The highest BCUT2D eigenvalue weighted by molar-refractivity contribution is 6.49. The molecule has 0 spiro atoms. The average Bonchev–Trinajstić information content (AvgIpc) is 2.84. The van der Waals surface area contributed by atoms with E-state index < -0.39 is 11.8 Å². The summed E-state index contributed by atoms with van der Waals surface area (Å²) in [7, 11) is 5.97. The van der Waals surface area contributed by atoms with E-state index in [1.807, 2.05) is 0 Å². The molecular formula is C24H21ClN2O6. The number of carbonyl (C=O) groups excluding carboxylic acids is 2. The van der Waals surface area contributed by atoms with Gasteiger partial charge in [-0.2, -0.15) is 0 Å². The van der Waals surface area contributed by atoms with Crippen molar-refractivity contribution in [1.82, 2.24) is 0 Å². The number of allylic oxidation sites excluding steroid dienone is 4. The second-order valence-corrected chi connectivity index (χ2v) is 7.02. The first-order chi connectivity index (χ1) is 15.9. The molecule has 0 atom stereocenters. The molecule has 2 aromatic carbocycles. The van der Waals surface area contributed by atoms with Gasteiger partial charge < -0.3 is 18.9 Å². The molecule has 0 heterocycles. The summed E-state index contributed by atoms with van der Waals surface area (Å²) in [6.07, 6.45) is 4.52. The molecule has 2 aromatic rings. The van der Waals surface area contributed by atoms with Crippen LogP contribution in [0.25, 0.3) is 0 Å². The molecule has 3 rings (SSSR count). The highest BCUT2D eigenvalue weighted by Gasteiger charge is 2.16. The molecule has 0 saturated carbocycles. The van der Waals surface area contributed by atoms with E-state index in [0.29, 0.717) is 39.8 Å². The molecule has 8 nitrogen and oxygen atoms in total. The SMILES string of the molecule is COc1ccc(C(=O)N=C2C=CC(=NC(=O)c3ccc(OC)c(OC)c3)C(Cl)=C2)cc1OC. The largest absolute Gasteiger partial charge is 0.493 e. The zero-order valence-corrected chi connectivity index (χ0v) is 19.2. The van der Waals surface area contributed by atoms with E-state index in [9.17, 15) is 9.59 Å². The number of ether oxygens (including phenoxy) is 4. The normalized spacial score (nSPS) is 15.2. The molecule has 33 heavy (non-hydrogen) atoms. The van der Waals surface area contributed by atoms with Crippen LogP contribution < -0.4 is 18.9 Å². The van der Waals surface area contributed by atoms with Gasteiger partial charge in [0.25, 0.3) is 11.8 Å². The van der Waals surface area contributed by atoms with Crippen molar-refractivity contribution < 1.29 is 28.5 Å². The molecule has 2 amide bonds. The standard InChI is InChI=1S/C24H21ClN2O6/c1-30-19-9-5-14(11-21(19)32-3)23(28)26-16-7-8-18(17(25)13-16)27-24(29)15-6-10-20(31-2)22(12-15)33-4/h5-13H,1-4H3. The monoisotopic (exact) mass is 468 g/mol. The summed E-state index contributed by atoms with van der Waals surface area (Å²) in [5.41, 5.74) is 1.19. The smallest absolute Gasteiger partial charge is 0.277 e. The highest BCUT2D eigenvalue weighted by Crippen LogP contribution is 2.29. The first kappa shape index (κ1) is 23.7. The van der Waals surface area contributed by atoms with Crippen molar-refractivity contribution in [2.24, 2.45) is 9.98 Å². The second kappa shape index (κ2) is 10.6. The maximum atomic E-state index is 12.6. The predicted octanol–water partition coefficient (Wildman–Crippen LogP) is 4.28. The summed E-state index contributed by atoms with van der Waals surface area (Å²) in [5, 5.41) is 0.171. The Kier molecular flexibility index (Phi) is 7.63. The summed E-state index contributed by atoms with van der Waals surface area (Å²) in [6, 6.07) is 9.47. The Morgan fingerprint density at radius 3 is 1.64 bits per heavy atom. The van der Waals surface area contributed by atoms with Gasteiger partial charge in [0.15, 0.2) is 23.0 Å². The number of amides is 2. The minimum Gasteiger partial charge on any atom is -0.493 e. The van der Waals surface area contributed by atoms with Crippen LogP contribution >= 0.6 is 11.6 Å². The van der Waals surface area contributed by atoms with Crippen molar-refractivity contribution in [3.63, 3.8) is 0 Å². The van der Waals surface area contributed by atoms with Crippen LogP contribution in [0.2, 0.25) is 0 Å². The van der Waals surface area contributed by atoms with Gasteiger partial charge in [-0.25, -0.2) is 9.98 Å². The lowest BCUT2D eigenvalue weighted by Gasteiger charge is -2.09. The molecule has 1 aliphatic rings. The van der Waals surface area contributed by atoms with Crippen LogP contribution in [0.15, 0.2) is 69.6 Å². The topological polar surface area (TPSA) is 95.8 Å². The first-order valence-corrected chi connectivity index (χ1v) is 10.0. The molecule has 1 aliphatic carbocycles. The van der Waals surface area contributed by atoms with Crippen LogP contribution in [0, 0.1) is 0 Å². The number of hydrogen-bond acceptors (Lipinski definition) is 6. The van der Waals surface area contributed by atoms with Gasteiger partial charge in [-0.05, 0) is 54.6 Å². The minimum absolute atomic E-state index is 0.171. The average molecular weight is 469 g/mol. The number of hydrogen-bond donors (Lipinski definition) is 0. The number of benzene rings is 2. The van der Waals surface area contributed by atoms with E-state index in [4.69, 9.17) is 30.5 Å². The van der Waals surface area contributed by atoms with Crippen LogP contribution in [0.4, 0.5) is 0 Å². The Bertz CT molecular complexity index is 1210. The van der Waals surface area contributed by atoms with E-state index >= 15 is 0 Å². The first-order valence-electron chi connectivity index (χ1n) is 9.66. The molecule has 0 saturated heterocycles. The zero-order chi connectivity index (χ0) is 24.0. The Morgan fingerprint density at radius 2 is 1.18 bits per heavy atom. The van der Waals surface area contributed by atoms with E-state index in [0.717, 1.165) is 0 Å². The number of halogens is 1. The predicted molar refractivity (Wildman–Crippen MR) is 126 cm³/mol. The lowest BCUT2D eigenvalue weighted by Crippen LogP contribution is -2.09. The van der Waals surface area contributed by atoms with Gasteiger partial charge in [-0.1, -0.05) is 11.6 Å². The molecule has 0 N–H and O–H groups in total. The third kappa shape index (κ3) is 5.48. The van der Waals surface area contributed by atoms with Crippen LogP contribution in [-0.2, 0) is 0 Å². The fraction of sp³-hybridized carbons (Fsp3) is 0.167. The third-order valence-corrected chi connectivity index (χ3v) is 4.95. The zero-order valence-electron chi connectivity index (χ0n) is 18.4. The van der Waals surface area contributed by atoms with E-state index in [1.165, 1.54) is 52.7 Å². The van der Waals surface area contributed by atoms with Gasteiger partial charge in [-0.3, -0.25) is 9.59 Å². The van der Waals surface area contributed by atoms with Gasteiger partial charge >= 0.3 is 0 Å². The fourth-order valence-electron chi connectivity index (χ4n) is 2.95. The lowest BCUT2D eigenvalue weighted by atomic mass is 10.1. The van der Waals surface area contributed by atoms with Crippen LogP contribution in [0.5, 0.6) is 23.0 Å². The summed E-state index contributed by atoms with van der Waals surface area (Å²) in [5.74, 6) is 0.827. The third-order valence-electron chi connectivity index (χ3n) is 4.64. The molecule has 0 aromatic heterocycles. The Labute approximate surface area is 195 Å². The second-order valence-electron chi connectivity index (χ2n) is 6.61. The van der Waals surface area contributed by atoms with Crippen molar-refractivity contribution in [3.05, 3.63) is 70.8 Å². The van der Waals surface area contributed by atoms with Crippen molar-refractivity contribution in [1.29, 1.82) is 0 Å². The lowest BCUT2D eigenvalue weighted by molar-refractivity contribution is 0.0994. The van der Waals surface area contributed by atoms with Gasteiger partial charge in [0, 0.05) is 11.1 Å². The highest BCUT2D eigenvalue weighted by atomic mass is 35.5. The molecule has 0 aliphatic heterocycles. The summed E-state index contributed by atoms with van der Waals surface area (Å²) in [4.78, 5) is 33.2. The van der Waals surface area contributed by atoms with Crippen molar-refractivity contribution in [2.45, 2.75) is 0 Å². The van der Waals surface area contributed by atoms with Crippen molar-refractivity contribution >= 4 is 34.8 Å². The number of nitrogens with zero attached hydrogens (tertiary/aromatic N) is 2. The molecule has 0 fully saturated rings. The van der Waals surface area contributed by atoms with Gasteiger partial charge in [-0.15, -0.1) is 0 Å². The molecule has 0 radical (unpaired) electrons.